The first-order valence-corrected chi connectivity index (χ1v) is 30.9. The van der Waals surface area contributed by atoms with Crippen LogP contribution in [0.2, 0.25) is 0 Å². The summed E-state index contributed by atoms with van der Waals surface area (Å²) in [5.41, 5.74) is 30.8. The van der Waals surface area contributed by atoms with Gasteiger partial charge in [-0.1, -0.05) is 195 Å². The van der Waals surface area contributed by atoms with Crippen molar-refractivity contribution >= 4 is 43.6 Å². The second-order valence-electron chi connectivity index (χ2n) is 25.8. The molecule has 2 saturated carbocycles. The molecule has 402 valence electrons. The van der Waals surface area contributed by atoms with Crippen LogP contribution in [-0.4, -0.2) is 9.13 Å². The van der Waals surface area contributed by atoms with Crippen molar-refractivity contribution in [2.75, 3.05) is 0 Å². The number of nitrogens with zero attached hydrogens (tertiary/aromatic N) is 2. The lowest BCUT2D eigenvalue weighted by molar-refractivity contribution is 0.444. The number of aryl methyl sites for hydroxylation is 4. The second kappa shape index (κ2) is 18.7. The van der Waals surface area contributed by atoms with Crippen LogP contribution >= 0.6 is 0 Å². The van der Waals surface area contributed by atoms with E-state index in [1.165, 1.54) is 219 Å². The normalized spacial score (nSPS) is 18.9. The molecule has 0 spiro atoms. The fourth-order valence-electron chi connectivity index (χ4n) is 16.7. The number of hydrogen-bond donors (Lipinski definition) is 0. The standard InChI is InChI=1S/C80H72N2/c1-49-17-13-23-57(41-49)79(5)71-47-59(81-73-43-51(3)29-35-63(73)65-37-31-55(45-75(65)81)53-19-9-7-10-20-53)33-39-61(71)67-25-15-27-69(77(67)79)70-28-16-26-68-62-40-34-60(48-72(62)80(6,78(68)70)58-24-14-18-50(2)42-58)82-74-44-52(4)30-36-64(74)66-38-32-56(46-76(66)82)54-21-11-8-12-22-54/h13-18,23-48,53-54H,7-12,19-22H2,1-6H3. The molecular formula is C80H72N2. The van der Waals surface area contributed by atoms with Crippen molar-refractivity contribution in [1.82, 2.24) is 9.13 Å². The largest absolute Gasteiger partial charge is 0.309 e. The minimum Gasteiger partial charge on any atom is -0.309 e. The molecule has 4 aliphatic rings. The molecule has 2 aromatic heterocycles. The van der Waals surface area contributed by atoms with Gasteiger partial charge in [0.25, 0.3) is 0 Å². The van der Waals surface area contributed by atoms with Crippen LogP contribution in [0.5, 0.6) is 0 Å². The van der Waals surface area contributed by atoms with E-state index < -0.39 is 10.8 Å². The third kappa shape index (κ3) is 7.32. The Morgan fingerprint density at radius 3 is 1.07 bits per heavy atom. The summed E-state index contributed by atoms with van der Waals surface area (Å²) >= 11 is 0. The number of aromatic nitrogens is 2. The smallest absolute Gasteiger partial charge is 0.0543 e. The SMILES string of the molecule is Cc1cccc(C2(C)c3cc(-n4c5cc(C)ccc5c5ccc(C6CCCCC6)cc54)ccc3-c3cccc(-c4cccc5c4C(C)(c4cccc(C)c4)c4cc(-n6c7cc(C)ccc7c7ccc(C8CCCCC8)cc76)ccc4-5)c32)c1. The third-order valence-corrected chi connectivity index (χ3v) is 20.8. The highest BCUT2D eigenvalue weighted by Crippen LogP contribution is 2.61. The molecule has 0 aliphatic heterocycles. The molecule has 2 unspecified atom stereocenters. The van der Waals surface area contributed by atoms with E-state index in [1.54, 1.807) is 0 Å². The van der Waals surface area contributed by atoms with Gasteiger partial charge in [0, 0.05) is 43.7 Å². The zero-order valence-corrected chi connectivity index (χ0v) is 48.6. The van der Waals surface area contributed by atoms with Crippen molar-refractivity contribution < 1.29 is 0 Å². The molecule has 0 saturated heterocycles. The van der Waals surface area contributed by atoms with Gasteiger partial charge in [-0.2, -0.15) is 0 Å². The molecule has 12 aromatic rings. The lowest BCUT2D eigenvalue weighted by Gasteiger charge is -2.34. The van der Waals surface area contributed by atoms with Crippen LogP contribution in [0.3, 0.4) is 0 Å². The molecule has 2 heterocycles. The molecule has 16 rings (SSSR count). The quantitative estimate of drug-likeness (QED) is 0.151. The van der Waals surface area contributed by atoms with Crippen molar-refractivity contribution in [3.8, 4) is 44.8 Å². The second-order valence-corrected chi connectivity index (χ2v) is 25.8. The van der Waals surface area contributed by atoms with Crippen LogP contribution in [0, 0.1) is 27.7 Å². The minimum atomic E-state index is -0.489. The number of hydrogen-bond acceptors (Lipinski definition) is 0. The van der Waals surface area contributed by atoms with Crippen molar-refractivity contribution in [1.29, 1.82) is 0 Å². The maximum Gasteiger partial charge on any atom is 0.0543 e. The highest BCUT2D eigenvalue weighted by molar-refractivity contribution is 6.11. The summed E-state index contributed by atoms with van der Waals surface area (Å²) in [5.74, 6) is 1.24. The van der Waals surface area contributed by atoms with Crippen LogP contribution in [0.15, 0.2) is 194 Å². The first-order chi connectivity index (χ1) is 40.0. The van der Waals surface area contributed by atoms with Gasteiger partial charge in [0.05, 0.1) is 22.1 Å². The Morgan fingerprint density at radius 1 is 0.317 bits per heavy atom. The summed E-state index contributed by atoms with van der Waals surface area (Å²) in [6.45, 7) is 14.1. The Morgan fingerprint density at radius 2 is 0.671 bits per heavy atom. The summed E-state index contributed by atoms with van der Waals surface area (Å²) in [6.07, 6.45) is 13.1. The average molecular weight is 1060 g/mol. The van der Waals surface area contributed by atoms with Crippen molar-refractivity contribution in [2.24, 2.45) is 0 Å². The van der Waals surface area contributed by atoms with Gasteiger partial charge in [0.2, 0.25) is 0 Å². The maximum atomic E-state index is 2.60. The summed E-state index contributed by atoms with van der Waals surface area (Å²) in [7, 11) is 0. The summed E-state index contributed by atoms with van der Waals surface area (Å²) < 4.78 is 5.20. The van der Waals surface area contributed by atoms with E-state index in [0.29, 0.717) is 11.8 Å². The van der Waals surface area contributed by atoms with E-state index in [1.807, 2.05) is 0 Å². The molecule has 0 radical (unpaired) electrons. The van der Waals surface area contributed by atoms with Gasteiger partial charge >= 0.3 is 0 Å². The molecule has 10 aromatic carbocycles. The van der Waals surface area contributed by atoms with Gasteiger partial charge in [-0.3, -0.25) is 0 Å². The lowest BCUT2D eigenvalue weighted by Crippen LogP contribution is -2.26. The average Bonchev–Trinajstić information content (AvgIpc) is 3.07. The molecule has 82 heavy (non-hydrogen) atoms. The van der Waals surface area contributed by atoms with Crippen molar-refractivity contribution in [3.63, 3.8) is 0 Å². The summed E-state index contributed by atoms with van der Waals surface area (Å²) in [5, 5.41) is 5.30. The van der Waals surface area contributed by atoms with E-state index in [2.05, 4.69) is 245 Å². The van der Waals surface area contributed by atoms with Crippen LogP contribution in [-0.2, 0) is 10.8 Å². The van der Waals surface area contributed by atoms with Gasteiger partial charge in [0.15, 0.2) is 0 Å². The van der Waals surface area contributed by atoms with Gasteiger partial charge in [-0.05, 0) is 217 Å². The number of benzene rings is 10. The molecule has 2 fully saturated rings. The van der Waals surface area contributed by atoms with Crippen LogP contribution in [0.4, 0.5) is 0 Å². The van der Waals surface area contributed by atoms with Gasteiger partial charge in [-0.15, -0.1) is 0 Å². The van der Waals surface area contributed by atoms with Crippen LogP contribution in [0.25, 0.3) is 88.4 Å². The first-order valence-electron chi connectivity index (χ1n) is 30.9. The van der Waals surface area contributed by atoms with Crippen molar-refractivity contribution in [3.05, 3.63) is 261 Å². The third-order valence-electron chi connectivity index (χ3n) is 20.8. The topological polar surface area (TPSA) is 9.86 Å². The van der Waals surface area contributed by atoms with Crippen molar-refractivity contribution in [2.45, 2.75) is 128 Å². The van der Waals surface area contributed by atoms with E-state index in [9.17, 15) is 0 Å². The van der Waals surface area contributed by atoms with Gasteiger partial charge < -0.3 is 9.13 Å². The monoisotopic (exact) mass is 1060 g/mol. The van der Waals surface area contributed by atoms with Gasteiger partial charge in [-0.25, -0.2) is 0 Å². The lowest BCUT2D eigenvalue weighted by atomic mass is 9.68. The predicted molar refractivity (Wildman–Crippen MR) is 346 cm³/mol. The zero-order chi connectivity index (χ0) is 55.2. The Hall–Kier alpha value is -8.20. The highest BCUT2D eigenvalue weighted by atomic mass is 15.0. The zero-order valence-electron chi connectivity index (χ0n) is 48.6. The number of rotatable bonds is 7. The molecule has 2 nitrogen and oxygen atoms in total. The van der Waals surface area contributed by atoms with E-state index in [4.69, 9.17) is 0 Å². The van der Waals surface area contributed by atoms with E-state index >= 15 is 0 Å². The Balaban J connectivity index is 0.906. The summed E-state index contributed by atoms with van der Waals surface area (Å²) in [4.78, 5) is 0. The molecule has 4 aliphatic carbocycles. The van der Waals surface area contributed by atoms with E-state index in [0.717, 1.165) is 0 Å². The molecule has 2 heteroatoms. The minimum absolute atomic E-state index is 0.489. The summed E-state index contributed by atoms with van der Waals surface area (Å²) in [6, 6.07) is 77.1. The fraction of sp³-hybridized carbons (Fsp3) is 0.250. The van der Waals surface area contributed by atoms with Crippen LogP contribution < -0.4 is 0 Å². The predicted octanol–water partition coefficient (Wildman–Crippen LogP) is 21.5. The number of fused-ring (bicyclic) bond motifs is 12. The Kier molecular flexibility index (Phi) is 11.3. The van der Waals surface area contributed by atoms with E-state index in [-0.39, 0.29) is 0 Å². The fourth-order valence-corrected chi connectivity index (χ4v) is 16.7. The molecule has 0 bridgehead atoms. The van der Waals surface area contributed by atoms with Gasteiger partial charge in [0.1, 0.15) is 0 Å². The first kappa shape index (κ1) is 49.6. The van der Waals surface area contributed by atoms with Crippen LogP contribution in [0.1, 0.15) is 157 Å². The molecular weight excluding hydrogens is 989 g/mol. The Labute approximate surface area is 484 Å². The molecule has 2 atom stereocenters. The molecule has 0 N–H and O–H groups in total. The molecule has 0 amide bonds. The Bertz CT molecular complexity index is 4320. The highest BCUT2D eigenvalue weighted by Gasteiger charge is 2.47. The maximum absolute atomic E-state index is 2.60.